The molecular formula is C14H24BrN3O. The van der Waals surface area contributed by atoms with Gasteiger partial charge in [0.15, 0.2) is 0 Å². The lowest BCUT2D eigenvalue weighted by molar-refractivity contribution is 0.0115. The molecule has 0 bridgehead atoms. The second kappa shape index (κ2) is 7.41. The molecule has 1 saturated heterocycles. The van der Waals surface area contributed by atoms with Gasteiger partial charge in [0.25, 0.3) is 0 Å². The average molecular weight is 330 g/mol. The Morgan fingerprint density at radius 2 is 2.32 bits per heavy atom. The van der Waals surface area contributed by atoms with E-state index in [-0.39, 0.29) is 0 Å². The number of rotatable bonds is 6. The van der Waals surface area contributed by atoms with E-state index in [0.29, 0.717) is 6.10 Å². The van der Waals surface area contributed by atoms with Gasteiger partial charge >= 0.3 is 0 Å². The van der Waals surface area contributed by atoms with E-state index < -0.39 is 0 Å². The summed E-state index contributed by atoms with van der Waals surface area (Å²) in [5.74, 6) is 0. The van der Waals surface area contributed by atoms with Crippen LogP contribution in [0.2, 0.25) is 0 Å². The molecule has 0 radical (unpaired) electrons. The van der Waals surface area contributed by atoms with Crippen LogP contribution < -0.4 is 5.32 Å². The maximum Gasteiger partial charge on any atom is 0.0767 e. The number of hydrogen-bond donors (Lipinski definition) is 1. The van der Waals surface area contributed by atoms with Crippen LogP contribution in [0.4, 0.5) is 0 Å². The minimum absolute atomic E-state index is 0.461. The molecule has 19 heavy (non-hydrogen) atoms. The maximum atomic E-state index is 5.73. The summed E-state index contributed by atoms with van der Waals surface area (Å²) in [7, 11) is 2.01. The first-order valence-electron chi connectivity index (χ1n) is 7.25. The van der Waals surface area contributed by atoms with Crippen molar-refractivity contribution in [3.63, 3.8) is 0 Å². The van der Waals surface area contributed by atoms with Crippen molar-refractivity contribution >= 4 is 15.9 Å². The largest absolute Gasteiger partial charge is 0.378 e. The molecule has 2 heterocycles. The minimum Gasteiger partial charge on any atom is -0.378 e. The zero-order valence-corrected chi connectivity index (χ0v) is 13.5. The molecule has 2 rings (SSSR count). The Bertz CT molecular complexity index is 400. The van der Waals surface area contributed by atoms with Gasteiger partial charge < -0.3 is 10.1 Å². The van der Waals surface area contributed by atoms with Crippen molar-refractivity contribution in [3.05, 3.63) is 15.9 Å². The first-order chi connectivity index (χ1) is 9.22. The molecule has 1 unspecified atom stereocenters. The fourth-order valence-electron chi connectivity index (χ4n) is 2.52. The standard InChI is InChI=1S/C14H24BrN3O/c1-3-12-14(15)13(18(2)17-12)10-16-8-7-11-6-4-5-9-19-11/h11,16H,3-10H2,1-2H3. The second-order valence-corrected chi connectivity index (χ2v) is 5.93. The lowest BCUT2D eigenvalue weighted by Gasteiger charge is -2.22. The molecule has 0 saturated carbocycles. The van der Waals surface area contributed by atoms with Crippen LogP contribution in [0.3, 0.4) is 0 Å². The Morgan fingerprint density at radius 1 is 1.47 bits per heavy atom. The first-order valence-corrected chi connectivity index (χ1v) is 8.04. The van der Waals surface area contributed by atoms with Crippen molar-refractivity contribution in [1.29, 1.82) is 0 Å². The van der Waals surface area contributed by atoms with Crippen LogP contribution in [0.1, 0.15) is 44.0 Å². The molecule has 108 valence electrons. The Kier molecular flexibility index (Phi) is 5.85. The quantitative estimate of drug-likeness (QED) is 0.815. The predicted molar refractivity (Wildman–Crippen MR) is 80.2 cm³/mol. The molecule has 0 amide bonds. The molecule has 1 atom stereocenters. The molecule has 0 spiro atoms. The third kappa shape index (κ3) is 4.04. The van der Waals surface area contributed by atoms with E-state index >= 15 is 0 Å². The van der Waals surface area contributed by atoms with Crippen molar-refractivity contribution in [2.24, 2.45) is 7.05 Å². The van der Waals surface area contributed by atoms with E-state index in [1.54, 1.807) is 0 Å². The van der Waals surface area contributed by atoms with Crippen LogP contribution in [0.15, 0.2) is 4.47 Å². The fourth-order valence-corrected chi connectivity index (χ4v) is 3.27. The van der Waals surface area contributed by atoms with E-state index in [1.807, 2.05) is 11.7 Å². The van der Waals surface area contributed by atoms with Crippen LogP contribution >= 0.6 is 15.9 Å². The Hall–Kier alpha value is -0.390. The van der Waals surface area contributed by atoms with E-state index in [0.717, 1.165) is 42.7 Å². The minimum atomic E-state index is 0.461. The number of ether oxygens (including phenoxy) is 1. The summed E-state index contributed by atoms with van der Waals surface area (Å²) in [5, 5.41) is 8.00. The summed E-state index contributed by atoms with van der Waals surface area (Å²) in [6.45, 7) is 4.93. The topological polar surface area (TPSA) is 39.1 Å². The third-order valence-electron chi connectivity index (χ3n) is 3.71. The van der Waals surface area contributed by atoms with Crippen molar-refractivity contribution in [1.82, 2.24) is 15.1 Å². The van der Waals surface area contributed by atoms with E-state index in [1.165, 1.54) is 25.0 Å². The summed E-state index contributed by atoms with van der Waals surface area (Å²) in [5.41, 5.74) is 2.36. The van der Waals surface area contributed by atoms with Crippen LogP contribution in [0.25, 0.3) is 0 Å². The highest BCUT2D eigenvalue weighted by Crippen LogP contribution is 2.21. The molecule has 1 aliphatic heterocycles. The average Bonchev–Trinajstić information content (AvgIpc) is 2.71. The van der Waals surface area contributed by atoms with E-state index in [4.69, 9.17) is 4.74 Å². The molecule has 1 aromatic heterocycles. The number of nitrogens with one attached hydrogen (secondary N) is 1. The second-order valence-electron chi connectivity index (χ2n) is 5.14. The Balaban J connectivity index is 1.74. The Labute approximate surface area is 124 Å². The van der Waals surface area contributed by atoms with Gasteiger partial charge in [-0.3, -0.25) is 4.68 Å². The summed E-state index contributed by atoms with van der Waals surface area (Å²) in [6.07, 6.45) is 6.29. The summed E-state index contributed by atoms with van der Waals surface area (Å²) in [4.78, 5) is 0. The normalized spacial score (nSPS) is 19.8. The molecule has 1 N–H and O–H groups in total. The van der Waals surface area contributed by atoms with Crippen LogP contribution in [-0.4, -0.2) is 29.0 Å². The maximum absolute atomic E-state index is 5.73. The van der Waals surface area contributed by atoms with Gasteiger partial charge in [-0.15, -0.1) is 0 Å². The summed E-state index contributed by atoms with van der Waals surface area (Å²) in [6, 6.07) is 0. The molecule has 1 fully saturated rings. The molecule has 0 aromatic carbocycles. The zero-order chi connectivity index (χ0) is 13.7. The molecule has 0 aliphatic carbocycles. The van der Waals surface area contributed by atoms with Crippen molar-refractivity contribution in [2.45, 2.75) is 51.7 Å². The van der Waals surface area contributed by atoms with Gasteiger partial charge in [0, 0.05) is 20.2 Å². The summed E-state index contributed by atoms with van der Waals surface area (Å²) < 4.78 is 8.85. The van der Waals surface area contributed by atoms with E-state index in [9.17, 15) is 0 Å². The highest BCUT2D eigenvalue weighted by Gasteiger charge is 2.14. The van der Waals surface area contributed by atoms with Crippen LogP contribution in [-0.2, 0) is 24.8 Å². The first kappa shape index (κ1) is 15.0. The van der Waals surface area contributed by atoms with E-state index in [2.05, 4.69) is 33.3 Å². The van der Waals surface area contributed by atoms with Gasteiger partial charge in [-0.25, -0.2) is 0 Å². The van der Waals surface area contributed by atoms with Crippen LogP contribution in [0.5, 0.6) is 0 Å². The van der Waals surface area contributed by atoms with Gasteiger partial charge in [-0.2, -0.15) is 5.10 Å². The highest BCUT2D eigenvalue weighted by molar-refractivity contribution is 9.10. The van der Waals surface area contributed by atoms with Crippen LogP contribution in [0, 0.1) is 0 Å². The van der Waals surface area contributed by atoms with Gasteiger partial charge in [0.2, 0.25) is 0 Å². The fraction of sp³-hybridized carbons (Fsp3) is 0.786. The zero-order valence-electron chi connectivity index (χ0n) is 11.9. The number of halogens is 1. The lowest BCUT2D eigenvalue weighted by atomic mass is 10.1. The van der Waals surface area contributed by atoms with Crippen molar-refractivity contribution in [3.8, 4) is 0 Å². The lowest BCUT2D eigenvalue weighted by Crippen LogP contribution is -2.25. The van der Waals surface area contributed by atoms with Crippen molar-refractivity contribution < 1.29 is 4.74 Å². The van der Waals surface area contributed by atoms with Gasteiger partial charge in [0.05, 0.1) is 22.0 Å². The molecule has 4 nitrogen and oxygen atoms in total. The molecule has 5 heteroatoms. The number of aromatic nitrogens is 2. The van der Waals surface area contributed by atoms with Gasteiger partial charge in [-0.05, 0) is 54.6 Å². The molecule has 1 aliphatic rings. The summed E-state index contributed by atoms with van der Waals surface area (Å²) >= 11 is 3.64. The van der Waals surface area contributed by atoms with Gasteiger partial charge in [-0.1, -0.05) is 6.92 Å². The van der Waals surface area contributed by atoms with Crippen molar-refractivity contribution in [2.75, 3.05) is 13.2 Å². The number of aryl methyl sites for hydroxylation is 2. The third-order valence-corrected chi connectivity index (χ3v) is 4.63. The smallest absolute Gasteiger partial charge is 0.0767 e. The molecule has 1 aromatic rings. The monoisotopic (exact) mass is 329 g/mol. The van der Waals surface area contributed by atoms with Gasteiger partial charge in [0.1, 0.15) is 0 Å². The highest BCUT2D eigenvalue weighted by atomic mass is 79.9. The molecular weight excluding hydrogens is 306 g/mol. The number of nitrogens with zero attached hydrogens (tertiary/aromatic N) is 2. The predicted octanol–water partition coefficient (Wildman–Crippen LogP) is 2.79. The Morgan fingerprint density at radius 3 is 2.95 bits per heavy atom. The SMILES string of the molecule is CCc1nn(C)c(CNCCC2CCCCO2)c1Br. The number of hydrogen-bond acceptors (Lipinski definition) is 3.